The quantitative estimate of drug-likeness (QED) is 0.142. The third-order valence-electron chi connectivity index (χ3n) is 6.90. The minimum atomic E-state index is -1.77. The first-order chi connectivity index (χ1) is 18.1. The molecule has 0 bridgehead atoms. The summed E-state index contributed by atoms with van der Waals surface area (Å²) < 4.78 is 7.35. The van der Waals surface area contributed by atoms with Gasteiger partial charge in [-0.2, -0.15) is 0 Å². The molecule has 4 aromatic rings. The molecule has 0 aliphatic carbocycles. The standard InChI is InChI=1S/C28H36N6OS2Si/c1-8-34(9-2)23-16-14-22(15-17-23)31-33-27-29-26-24(36-27)18-25(37-26)32-30-21-12-10-20(11-13-21)19-35-38(6,7)28(3,4)5/h10-18H,8-9,19H2,1-7H3. The summed E-state index contributed by atoms with van der Waals surface area (Å²) in [5, 5.41) is 19.2. The molecule has 0 N–H and O–H groups in total. The van der Waals surface area contributed by atoms with Gasteiger partial charge in [0.15, 0.2) is 8.32 Å². The summed E-state index contributed by atoms with van der Waals surface area (Å²) in [6, 6.07) is 18.2. The van der Waals surface area contributed by atoms with Crippen LogP contribution in [0.2, 0.25) is 18.1 Å². The molecule has 2 heterocycles. The number of thiazole rings is 1. The van der Waals surface area contributed by atoms with Gasteiger partial charge in [0.05, 0.1) is 22.7 Å². The Morgan fingerprint density at radius 3 is 2.03 bits per heavy atom. The molecule has 4 rings (SSSR count). The number of hydrogen-bond acceptors (Lipinski definition) is 9. The van der Waals surface area contributed by atoms with Crippen LogP contribution in [-0.2, 0) is 11.0 Å². The second-order valence-corrected chi connectivity index (χ2v) is 17.4. The first kappa shape index (κ1) is 28.2. The maximum Gasteiger partial charge on any atom is 0.231 e. The predicted octanol–water partition coefficient (Wildman–Crippen LogP) is 10.6. The van der Waals surface area contributed by atoms with Crippen molar-refractivity contribution >= 4 is 67.7 Å². The van der Waals surface area contributed by atoms with E-state index in [1.807, 2.05) is 30.3 Å². The van der Waals surface area contributed by atoms with Crippen molar-refractivity contribution in [1.82, 2.24) is 4.98 Å². The summed E-state index contributed by atoms with van der Waals surface area (Å²) in [6.07, 6.45) is 0. The Morgan fingerprint density at radius 2 is 1.45 bits per heavy atom. The van der Waals surface area contributed by atoms with Gasteiger partial charge in [-0.1, -0.05) is 55.6 Å². The summed E-state index contributed by atoms with van der Waals surface area (Å²) in [4.78, 5) is 7.79. The fraction of sp³-hybridized carbons (Fsp3) is 0.393. The predicted molar refractivity (Wildman–Crippen MR) is 164 cm³/mol. The first-order valence-corrected chi connectivity index (χ1v) is 17.4. The van der Waals surface area contributed by atoms with Gasteiger partial charge in [0.25, 0.3) is 0 Å². The molecule has 0 saturated heterocycles. The van der Waals surface area contributed by atoms with Crippen LogP contribution in [-0.4, -0.2) is 26.4 Å². The molecular formula is C28H36N6OS2Si. The van der Waals surface area contributed by atoms with Crippen LogP contribution in [0, 0.1) is 0 Å². The van der Waals surface area contributed by atoms with Gasteiger partial charge in [-0.15, -0.1) is 20.5 Å². The van der Waals surface area contributed by atoms with Crippen LogP contribution in [0.15, 0.2) is 75.1 Å². The molecular weight excluding hydrogens is 529 g/mol. The molecule has 2 aromatic heterocycles. The lowest BCUT2D eigenvalue weighted by molar-refractivity contribution is 0.276. The fourth-order valence-corrected chi connectivity index (χ4v) is 6.28. The zero-order valence-electron chi connectivity index (χ0n) is 23.2. The van der Waals surface area contributed by atoms with Gasteiger partial charge in [-0.05, 0) is 80.0 Å². The van der Waals surface area contributed by atoms with E-state index >= 15 is 0 Å². The number of azo groups is 2. The lowest BCUT2D eigenvalue weighted by Crippen LogP contribution is -2.40. The van der Waals surface area contributed by atoms with Crippen molar-refractivity contribution in [3.8, 4) is 0 Å². The maximum atomic E-state index is 6.31. The number of rotatable bonds is 10. The Hall–Kier alpha value is -2.79. The van der Waals surface area contributed by atoms with E-state index in [2.05, 4.69) is 102 Å². The lowest BCUT2D eigenvalue weighted by Gasteiger charge is -2.36. The fourth-order valence-electron chi connectivity index (χ4n) is 3.47. The molecule has 0 saturated carbocycles. The number of anilines is 1. The number of aromatic nitrogens is 1. The topological polar surface area (TPSA) is 74.8 Å². The monoisotopic (exact) mass is 564 g/mol. The number of fused-ring (bicyclic) bond motifs is 1. The molecule has 0 amide bonds. The van der Waals surface area contributed by atoms with E-state index in [0.29, 0.717) is 11.7 Å². The Bertz CT molecular complexity index is 1370. The van der Waals surface area contributed by atoms with Crippen LogP contribution >= 0.6 is 22.7 Å². The van der Waals surface area contributed by atoms with Crippen LogP contribution in [0.25, 0.3) is 9.53 Å². The van der Waals surface area contributed by atoms with E-state index < -0.39 is 8.32 Å². The number of nitrogens with zero attached hydrogens (tertiary/aromatic N) is 6. The van der Waals surface area contributed by atoms with Crippen molar-refractivity contribution in [2.45, 2.75) is 59.4 Å². The van der Waals surface area contributed by atoms with Crippen LogP contribution < -0.4 is 4.90 Å². The minimum Gasteiger partial charge on any atom is -0.413 e. The van der Waals surface area contributed by atoms with Gasteiger partial charge in [0.1, 0.15) is 9.83 Å². The third-order valence-corrected chi connectivity index (χ3v) is 13.3. The number of thiophene rings is 1. The van der Waals surface area contributed by atoms with E-state index in [1.54, 1.807) is 0 Å². The highest BCUT2D eigenvalue weighted by molar-refractivity contribution is 7.30. The molecule has 0 radical (unpaired) electrons. The molecule has 0 fully saturated rings. The highest BCUT2D eigenvalue weighted by Crippen LogP contribution is 2.39. The molecule has 0 atom stereocenters. The highest BCUT2D eigenvalue weighted by Gasteiger charge is 2.36. The molecule has 0 aliphatic heterocycles. The van der Waals surface area contributed by atoms with E-state index in [0.717, 1.165) is 44.6 Å². The van der Waals surface area contributed by atoms with Crippen LogP contribution in [0.1, 0.15) is 40.2 Å². The smallest absolute Gasteiger partial charge is 0.231 e. The molecule has 2 aromatic carbocycles. The van der Waals surface area contributed by atoms with Crippen molar-refractivity contribution in [2.24, 2.45) is 20.5 Å². The summed E-state index contributed by atoms with van der Waals surface area (Å²) >= 11 is 3.01. The lowest BCUT2D eigenvalue weighted by atomic mass is 10.2. The molecule has 7 nitrogen and oxygen atoms in total. The Morgan fingerprint density at radius 1 is 0.842 bits per heavy atom. The van der Waals surface area contributed by atoms with Gasteiger partial charge in [-0.25, -0.2) is 4.98 Å². The van der Waals surface area contributed by atoms with Crippen molar-refractivity contribution in [1.29, 1.82) is 0 Å². The largest absolute Gasteiger partial charge is 0.413 e. The summed E-state index contributed by atoms with van der Waals surface area (Å²) in [7, 11) is -1.77. The van der Waals surface area contributed by atoms with Crippen molar-refractivity contribution < 1.29 is 4.43 Å². The van der Waals surface area contributed by atoms with Crippen molar-refractivity contribution in [2.75, 3.05) is 18.0 Å². The molecule has 200 valence electrons. The molecule has 0 aliphatic rings. The Balaban J connectivity index is 1.35. The average Bonchev–Trinajstić information content (AvgIpc) is 3.45. The van der Waals surface area contributed by atoms with E-state index in [1.165, 1.54) is 28.4 Å². The maximum absolute atomic E-state index is 6.31. The van der Waals surface area contributed by atoms with Crippen molar-refractivity contribution in [3.63, 3.8) is 0 Å². The average molecular weight is 565 g/mol. The van der Waals surface area contributed by atoms with E-state index in [-0.39, 0.29) is 5.04 Å². The van der Waals surface area contributed by atoms with Gasteiger partial charge in [0.2, 0.25) is 5.13 Å². The van der Waals surface area contributed by atoms with Crippen molar-refractivity contribution in [3.05, 3.63) is 60.2 Å². The summed E-state index contributed by atoms with van der Waals surface area (Å²) in [6.45, 7) is 18.2. The summed E-state index contributed by atoms with van der Waals surface area (Å²) in [5.74, 6) is 0. The number of hydrogen-bond donors (Lipinski definition) is 0. The number of benzene rings is 2. The minimum absolute atomic E-state index is 0.200. The third kappa shape index (κ3) is 6.99. The van der Waals surface area contributed by atoms with Gasteiger partial charge in [-0.3, -0.25) is 0 Å². The second-order valence-electron chi connectivity index (χ2n) is 10.6. The second kappa shape index (κ2) is 11.9. The zero-order chi connectivity index (χ0) is 27.3. The SMILES string of the molecule is CCN(CC)c1ccc(N=Nc2nc3sc(N=Nc4ccc(CO[Si](C)(C)C(C)(C)C)cc4)cc3s2)cc1. The first-order valence-electron chi connectivity index (χ1n) is 12.9. The van der Waals surface area contributed by atoms with Crippen LogP contribution in [0.5, 0.6) is 0 Å². The van der Waals surface area contributed by atoms with Crippen LogP contribution in [0.3, 0.4) is 0 Å². The summed E-state index contributed by atoms with van der Waals surface area (Å²) in [5.41, 5.74) is 3.96. The molecule has 38 heavy (non-hydrogen) atoms. The molecule has 0 spiro atoms. The van der Waals surface area contributed by atoms with E-state index in [4.69, 9.17) is 4.43 Å². The normalized spacial score (nSPS) is 12.8. The van der Waals surface area contributed by atoms with E-state index in [9.17, 15) is 0 Å². The van der Waals surface area contributed by atoms with Gasteiger partial charge < -0.3 is 9.33 Å². The molecule has 0 unspecified atom stereocenters. The Kier molecular flexibility index (Phi) is 8.87. The highest BCUT2D eigenvalue weighted by atomic mass is 32.1. The zero-order valence-corrected chi connectivity index (χ0v) is 25.9. The van der Waals surface area contributed by atoms with Crippen LogP contribution in [0.4, 0.5) is 27.2 Å². The molecule has 10 heteroatoms. The van der Waals surface area contributed by atoms with Gasteiger partial charge >= 0.3 is 0 Å². The van der Waals surface area contributed by atoms with Gasteiger partial charge in [0, 0.05) is 18.8 Å². The Labute approximate surface area is 234 Å².